The summed E-state index contributed by atoms with van der Waals surface area (Å²) in [6.07, 6.45) is 0. The van der Waals surface area contributed by atoms with E-state index in [9.17, 15) is 13.8 Å². The molecule has 0 aliphatic carbocycles. The van der Waals surface area contributed by atoms with E-state index >= 15 is 0 Å². The predicted octanol–water partition coefficient (Wildman–Crippen LogP) is 0.289. The lowest BCUT2D eigenvalue weighted by atomic mass is 10.2. The van der Waals surface area contributed by atoms with Crippen molar-refractivity contribution in [2.24, 2.45) is 0 Å². The molecule has 0 spiro atoms. The van der Waals surface area contributed by atoms with Gasteiger partial charge in [0, 0.05) is 0 Å². The Balaban J connectivity index is 2.92. The smallest absolute Gasteiger partial charge is 0.356 e. The molecular weight excluding hydrogens is 121 g/mol. The summed E-state index contributed by atoms with van der Waals surface area (Å²) in [6.45, 7) is -2.51. The van der Waals surface area contributed by atoms with Gasteiger partial charge in [0.2, 0.25) is 0 Å². The fraction of sp³-hybridized carbons (Fsp3) is 1.00. The Morgan fingerprint density at radius 2 is 1.62 bits per heavy atom. The van der Waals surface area contributed by atoms with Gasteiger partial charge in [-0.05, 0) is 0 Å². The molecule has 0 heterocycles. The van der Waals surface area contributed by atoms with Crippen molar-refractivity contribution in [1.82, 2.24) is 0 Å². The Bertz CT molecular complexity index is 48.5. The lowest BCUT2D eigenvalue weighted by molar-refractivity contribution is 0.0429. The third-order valence-electron chi connectivity index (χ3n) is 0.398. The van der Waals surface area contributed by atoms with E-state index in [-0.39, 0.29) is 0 Å². The molecule has 0 N–H and O–H groups in total. The van der Waals surface area contributed by atoms with Crippen LogP contribution in [0.5, 0.6) is 0 Å². The molecule has 0 aliphatic rings. The molecular formula is C2H4BF2O3. The van der Waals surface area contributed by atoms with Crippen LogP contribution in [0.2, 0.25) is 0 Å². The molecule has 0 fully saturated rings. The zero-order valence-corrected chi connectivity index (χ0v) is 3.97. The summed E-state index contributed by atoms with van der Waals surface area (Å²) in [6, 6.07) is 0. The van der Waals surface area contributed by atoms with Crippen molar-refractivity contribution in [3.8, 4) is 0 Å². The predicted molar refractivity (Wildman–Crippen MR) is 20.6 cm³/mol. The Hall–Kier alpha value is -0.195. The number of hydrogen-bond donors (Lipinski definition) is 0. The van der Waals surface area contributed by atoms with Crippen LogP contribution in [-0.2, 0) is 14.3 Å². The quantitative estimate of drug-likeness (QED) is 0.506. The molecule has 0 rings (SSSR count). The monoisotopic (exact) mass is 125 g/mol. The first kappa shape index (κ1) is 7.80. The molecule has 0 atom stereocenters. The van der Waals surface area contributed by atoms with Crippen LogP contribution < -0.4 is 0 Å². The first-order valence-corrected chi connectivity index (χ1v) is 1.82. The van der Waals surface area contributed by atoms with Gasteiger partial charge in [-0.1, -0.05) is 0 Å². The van der Waals surface area contributed by atoms with Crippen molar-refractivity contribution in [2.45, 2.75) is 0 Å². The van der Waals surface area contributed by atoms with Crippen molar-refractivity contribution < 1.29 is 23.1 Å². The number of halogens is 2. The highest BCUT2D eigenvalue weighted by Crippen LogP contribution is 1.85. The molecule has 1 radical (unpaired) electrons. The largest absolute Gasteiger partial charge is 0.670 e. The first-order valence-electron chi connectivity index (χ1n) is 1.82. The molecule has 8 heavy (non-hydrogen) atoms. The third-order valence-corrected chi connectivity index (χ3v) is 0.398. The standard InChI is InChI=1S/C2H4BF2O3/c4-1-7-3(6)8-2-5/h1-2H2. The lowest BCUT2D eigenvalue weighted by Gasteiger charge is -1.96. The van der Waals surface area contributed by atoms with E-state index in [2.05, 4.69) is 9.31 Å². The zero-order valence-electron chi connectivity index (χ0n) is 3.97. The normalized spacial score (nSPS) is 9.38. The Morgan fingerprint density at radius 3 is 1.88 bits per heavy atom. The van der Waals surface area contributed by atoms with Gasteiger partial charge in [0.1, 0.15) is 0 Å². The van der Waals surface area contributed by atoms with Gasteiger partial charge >= 0.3 is 7.32 Å². The van der Waals surface area contributed by atoms with Crippen LogP contribution >= 0.6 is 0 Å². The van der Waals surface area contributed by atoms with Gasteiger partial charge in [0.15, 0.2) is 13.7 Å². The van der Waals surface area contributed by atoms with Gasteiger partial charge in [0.25, 0.3) is 0 Å². The van der Waals surface area contributed by atoms with Crippen molar-refractivity contribution >= 4 is 7.32 Å². The second-order valence-electron chi connectivity index (χ2n) is 0.840. The van der Waals surface area contributed by atoms with Crippen LogP contribution in [0.4, 0.5) is 8.78 Å². The van der Waals surface area contributed by atoms with Crippen LogP contribution in [0.25, 0.3) is 0 Å². The van der Waals surface area contributed by atoms with E-state index in [1.165, 1.54) is 0 Å². The van der Waals surface area contributed by atoms with Gasteiger partial charge in [0.05, 0.1) is 0 Å². The van der Waals surface area contributed by atoms with Crippen LogP contribution in [0, 0.1) is 0 Å². The van der Waals surface area contributed by atoms with E-state index in [4.69, 9.17) is 0 Å². The van der Waals surface area contributed by atoms with E-state index in [1.54, 1.807) is 0 Å². The molecule has 0 aromatic carbocycles. The van der Waals surface area contributed by atoms with Crippen LogP contribution in [0.15, 0.2) is 0 Å². The highest BCUT2D eigenvalue weighted by atomic mass is 19.1. The molecule has 47 valence electrons. The average Bonchev–Trinajstić information content (AvgIpc) is 1.68. The summed E-state index contributed by atoms with van der Waals surface area (Å²) in [5, 5.41) is 9.80. The minimum absolute atomic E-state index is 1.26. The van der Waals surface area contributed by atoms with Crippen LogP contribution in [0.1, 0.15) is 0 Å². The van der Waals surface area contributed by atoms with Gasteiger partial charge in [-0.3, -0.25) is 0 Å². The fourth-order valence-corrected chi connectivity index (χ4v) is 0.151. The highest BCUT2D eigenvalue weighted by molar-refractivity contribution is 6.34. The van der Waals surface area contributed by atoms with Gasteiger partial charge in [-0.15, -0.1) is 0 Å². The van der Waals surface area contributed by atoms with E-state index < -0.39 is 21.0 Å². The summed E-state index contributed by atoms with van der Waals surface area (Å²) >= 11 is 0. The van der Waals surface area contributed by atoms with Gasteiger partial charge in [-0.25, -0.2) is 13.8 Å². The molecule has 0 saturated heterocycles. The molecule has 0 amide bonds. The number of alkyl halides is 2. The zero-order chi connectivity index (χ0) is 6.41. The summed E-state index contributed by atoms with van der Waals surface area (Å²) in [7, 11) is -2.04. The number of rotatable bonds is 4. The molecule has 0 saturated carbocycles. The van der Waals surface area contributed by atoms with Gasteiger partial charge < -0.3 is 9.31 Å². The molecule has 0 aromatic heterocycles. The van der Waals surface area contributed by atoms with E-state index in [1.807, 2.05) is 0 Å². The molecule has 0 unspecified atom stereocenters. The topological polar surface area (TPSA) is 38.4 Å². The number of hydrogen-bond acceptors (Lipinski definition) is 2. The molecule has 6 heteroatoms. The summed E-state index contributed by atoms with van der Waals surface area (Å²) in [5.41, 5.74) is 0. The van der Waals surface area contributed by atoms with Crippen molar-refractivity contribution in [2.75, 3.05) is 13.7 Å². The maximum absolute atomic E-state index is 10.9. The second-order valence-corrected chi connectivity index (χ2v) is 0.840. The minimum Gasteiger partial charge on any atom is -0.356 e. The van der Waals surface area contributed by atoms with E-state index in [0.717, 1.165) is 0 Å². The maximum atomic E-state index is 10.9. The summed E-state index contributed by atoms with van der Waals surface area (Å²) in [5.74, 6) is 0. The Kier molecular flexibility index (Phi) is 4.83. The fourth-order valence-electron chi connectivity index (χ4n) is 0.151. The van der Waals surface area contributed by atoms with Crippen molar-refractivity contribution in [3.05, 3.63) is 0 Å². The highest BCUT2D eigenvalue weighted by Gasteiger charge is 2.16. The first-order chi connectivity index (χ1) is 3.81. The van der Waals surface area contributed by atoms with Gasteiger partial charge in [-0.2, -0.15) is 0 Å². The Labute approximate surface area is 45.4 Å². The maximum Gasteiger partial charge on any atom is 0.670 e. The summed E-state index contributed by atoms with van der Waals surface area (Å²) in [4.78, 5) is 0. The lowest BCUT2D eigenvalue weighted by Crippen LogP contribution is -2.19. The molecule has 0 bridgehead atoms. The molecule has 0 aromatic rings. The van der Waals surface area contributed by atoms with Crippen molar-refractivity contribution in [3.63, 3.8) is 0 Å². The summed E-state index contributed by atoms with van der Waals surface area (Å²) < 4.78 is 29.1. The third kappa shape index (κ3) is 3.98. The van der Waals surface area contributed by atoms with Crippen molar-refractivity contribution in [1.29, 1.82) is 0 Å². The minimum atomic E-state index is -2.04. The molecule has 0 aliphatic heterocycles. The molecule has 3 nitrogen and oxygen atoms in total. The van der Waals surface area contributed by atoms with Crippen LogP contribution in [0.3, 0.4) is 0 Å². The average molecular weight is 125 g/mol. The Morgan fingerprint density at radius 1 is 1.25 bits per heavy atom. The van der Waals surface area contributed by atoms with Crippen LogP contribution in [-0.4, -0.2) is 21.0 Å². The SMILES string of the molecule is [O]B(OCF)OCF. The van der Waals surface area contributed by atoms with E-state index in [0.29, 0.717) is 0 Å². The second kappa shape index (κ2) is 4.95.